The van der Waals surface area contributed by atoms with Gasteiger partial charge in [0.2, 0.25) is 0 Å². The smallest absolute Gasteiger partial charge is 0.272 e. The number of aromatic nitrogens is 4. The van der Waals surface area contributed by atoms with Gasteiger partial charge in [0, 0.05) is 24.2 Å². The number of H-pyrrole nitrogens is 1. The molecule has 0 radical (unpaired) electrons. The number of amides is 2. The van der Waals surface area contributed by atoms with E-state index < -0.39 is 0 Å². The van der Waals surface area contributed by atoms with Crippen LogP contribution in [0.5, 0.6) is 0 Å². The predicted molar refractivity (Wildman–Crippen MR) is 103 cm³/mol. The third kappa shape index (κ3) is 2.51. The van der Waals surface area contributed by atoms with Gasteiger partial charge in [-0.3, -0.25) is 19.4 Å². The first-order valence-electron chi connectivity index (χ1n) is 9.74. The van der Waals surface area contributed by atoms with Crippen molar-refractivity contribution in [3.05, 3.63) is 47.9 Å². The van der Waals surface area contributed by atoms with Gasteiger partial charge >= 0.3 is 0 Å². The highest BCUT2D eigenvalue weighted by Crippen LogP contribution is 2.39. The Balaban J connectivity index is 1.36. The van der Waals surface area contributed by atoms with E-state index in [1.807, 2.05) is 24.0 Å². The van der Waals surface area contributed by atoms with Gasteiger partial charge in [-0.1, -0.05) is 12.1 Å². The molecule has 28 heavy (non-hydrogen) atoms. The van der Waals surface area contributed by atoms with E-state index >= 15 is 0 Å². The molecular weight excluding hydrogens is 356 g/mol. The molecule has 2 bridgehead atoms. The van der Waals surface area contributed by atoms with Crippen LogP contribution < -0.4 is 5.32 Å². The Morgan fingerprint density at radius 1 is 1.29 bits per heavy atom. The van der Waals surface area contributed by atoms with Crippen molar-refractivity contribution < 1.29 is 9.59 Å². The lowest BCUT2D eigenvalue weighted by molar-refractivity contribution is 0.0704. The van der Waals surface area contributed by atoms with E-state index in [2.05, 4.69) is 20.6 Å². The van der Waals surface area contributed by atoms with Gasteiger partial charge in [-0.05, 0) is 38.3 Å². The molecule has 2 N–H and O–H groups in total. The maximum absolute atomic E-state index is 13.1. The molecule has 8 heteroatoms. The summed E-state index contributed by atoms with van der Waals surface area (Å²) in [5.41, 5.74) is 1.94. The molecule has 8 nitrogen and oxygen atoms in total. The second kappa shape index (κ2) is 6.47. The standard InChI is InChI=1S/C20H22N6O2/c1-2-25-17(8-9-22-25)20(28)26-13-6-7-16(26)15(10-13)23-19(27)14-5-3-4-12-11-21-24-18(12)14/h3-5,8-9,11,13,15-16H,2,6-7,10H2,1H3,(H,21,24)(H,23,27)/t13-,15-,16+/m1/s1. The predicted octanol–water partition coefficient (Wildman–Crippen LogP) is 1.95. The van der Waals surface area contributed by atoms with Crippen molar-refractivity contribution in [3.8, 4) is 0 Å². The van der Waals surface area contributed by atoms with Crippen molar-refractivity contribution in [2.75, 3.05) is 0 Å². The number of hydrogen-bond acceptors (Lipinski definition) is 4. The van der Waals surface area contributed by atoms with Crippen LogP contribution >= 0.6 is 0 Å². The quantitative estimate of drug-likeness (QED) is 0.725. The van der Waals surface area contributed by atoms with Gasteiger partial charge in [-0.2, -0.15) is 10.2 Å². The average Bonchev–Trinajstić information content (AvgIpc) is 3.49. The lowest BCUT2D eigenvalue weighted by Crippen LogP contribution is -2.45. The highest BCUT2D eigenvalue weighted by atomic mass is 16.2. The summed E-state index contributed by atoms with van der Waals surface area (Å²) >= 11 is 0. The summed E-state index contributed by atoms with van der Waals surface area (Å²) in [6, 6.07) is 7.52. The van der Waals surface area contributed by atoms with Gasteiger partial charge in [0.05, 0.1) is 29.4 Å². The summed E-state index contributed by atoms with van der Waals surface area (Å²) < 4.78 is 1.73. The molecule has 2 fully saturated rings. The molecule has 2 saturated heterocycles. The van der Waals surface area contributed by atoms with Crippen LogP contribution in [-0.2, 0) is 6.54 Å². The number of carbonyl (C=O) groups excluding carboxylic acids is 2. The molecular formula is C20H22N6O2. The van der Waals surface area contributed by atoms with Gasteiger partial charge in [0.15, 0.2) is 0 Å². The van der Waals surface area contributed by atoms with Crippen molar-refractivity contribution in [2.45, 2.75) is 50.9 Å². The van der Waals surface area contributed by atoms with Gasteiger partial charge in [-0.25, -0.2) is 0 Å². The molecule has 0 aliphatic carbocycles. The Hall–Kier alpha value is -3.16. The summed E-state index contributed by atoms with van der Waals surface area (Å²) in [5.74, 6) is -0.113. The van der Waals surface area contributed by atoms with Crippen molar-refractivity contribution in [1.82, 2.24) is 30.2 Å². The largest absolute Gasteiger partial charge is 0.347 e. The first-order valence-corrected chi connectivity index (χ1v) is 9.74. The maximum Gasteiger partial charge on any atom is 0.272 e. The van der Waals surface area contributed by atoms with Crippen molar-refractivity contribution in [1.29, 1.82) is 0 Å². The molecule has 2 aromatic heterocycles. The molecule has 2 aliphatic heterocycles. The Morgan fingerprint density at radius 3 is 3.04 bits per heavy atom. The van der Waals surface area contributed by atoms with Crippen molar-refractivity contribution in [2.24, 2.45) is 0 Å². The van der Waals surface area contributed by atoms with E-state index in [9.17, 15) is 9.59 Å². The molecule has 0 spiro atoms. The summed E-state index contributed by atoms with van der Waals surface area (Å²) in [4.78, 5) is 28.0. The third-order valence-electron chi connectivity index (χ3n) is 6.04. The van der Waals surface area contributed by atoms with E-state index in [-0.39, 0.29) is 29.9 Å². The van der Waals surface area contributed by atoms with Gasteiger partial charge in [0.25, 0.3) is 11.8 Å². The second-order valence-electron chi connectivity index (χ2n) is 7.50. The fourth-order valence-corrected chi connectivity index (χ4v) is 4.76. The molecule has 0 unspecified atom stereocenters. The van der Waals surface area contributed by atoms with Gasteiger partial charge in [0.1, 0.15) is 5.69 Å². The number of fused-ring (bicyclic) bond motifs is 3. The monoisotopic (exact) mass is 378 g/mol. The number of para-hydroxylation sites is 1. The minimum absolute atomic E-state index is 0.0132. The highest BCUT2D eigenvalue weighted by molar-refractivity contribution is 6.05. The zero-order valence-corrected chi connectivity index (χ0v) is 15.6. The fraction of sp³-hybridized carbons (Fsp3) is 0.400. The lowest BCUT2D eigenvalue weighted by Gasteiger charge is -2.25. The van der Waals surface area contributed by atoms with Crippen molar-refractivity contribution >= 4 is 22.7 Å². The van der Waals surface area contributed by atoms with Crippen LogP contribution in [0.25, 0.3) is 10.9 Å². The summed E-state index contributed by atoms with van der Waals surface area (Å²) in [7, 11) is 0. The van der Waals surface area contributed by atoms with Crippen LogP contribution in [0, 0.1) is 0 Å². The number of aryl methyl sites for hydroxylation is 1. The molecule has 4 heterocycles. The molecule has 144 valence electrons. The number of carbonyl (C=O) groups is 2. The third-order valence-corrected chi connectivity index (χ3v) is 6.04. The first-order chi connectivity index (χ1) is 13.7. The highest BCUT2D eigenvalue weighted by Gasteiger charge is 2.49. The molecule has 3 atom stereocenters. The number of benzene rings is 1. The van der Waals surface area contributed by atoms with Crippen LogP contribution in [0.3, 0.4) is 0 Å². The van der Waals surface area contributed by atoms with Crippen molar-refractivity contribution in [3.63, 3.8) is 0 Å². The topological polar surface area (TPSA) is 95.9 Å². The molecule has 2 amide bonds. The summed E-state index contributed by atoms with van der Waals surface area (Å²) in [5, 5.41) is 15.2. The Labute approximate surface area is 161 Å². The fourth-order valence-electron chi connectivity index (χ4n) is 4.76. The minimum Gasteiger partial charge on any atom is -0.347 e. The molecule has 1 aromatic carbocycles. The van der Waals surface area contributed by atoms with E-state index in [4.69, 9.17) is 0 Å². The minimum atomic E-state index is -0.126. The molecule has 5 rings (SSSR count). The SMILES string of the molecule is CCn1nccc1C(=O)N1[C@@H]2CC[C@H]1[C@H](NC(=O)c1cccc3cn[nH]c13)C2. The Kier molecular flexibility index (Phi) is 3.92. The zero-order valence-electron chi connectivity index (χ0n) is 15.6. The van der Waals surface area contributed by atoms with E-state index in [0.29, 0.717) is 17.8 Å². The van der Waals surface area contributed by atoms with E-state index in [1.165, 1.54) is 0 Å². The zero-order chi connectivity index (χ0) is 19.3. The Bertz CT molecular complexity index is 1050. The van der Waals surface area contributed by atoms with Crippen LogP contribution in [-0.4, -0.2) is 54.8 Å². The molecule has 0 saturated carbocycles. The van der Waals surface area contributed by atoms with Crippen LogP contribution in [0.4, 0.5) is 0 Å². The van der Waals surface area contributed by atoms with Gasteiger partial charge in [-0.15, -0.1) is 0 Å². The average molecular weight is 378 g/mol. The van der Waals surface area contributed by atoms with Gasteiger partial charge < -0.3 is 10.2 Å². The Morgan fingerprint density at radius 2 is 2.18 bits per heavy atom. The number of nitrogens with one attached hydrogen (secondary N) is 2. The van der Waals surface area contributed by atoms with E-state index in [0.717, 1.165) is 30.2 Å². The number of nitrogens with zero attached hydrogens (tertiary/aromatic N) is 4. The van der Waals surface area contributed by atoms with Crippen LogP contribution in [0.15, 0.2) is 36.7 Å². The number of rotatable bonds is 4. The normalized spacial score (nSPS) is 23.5. The van der Waals surface area contributed by atoms with Crippen LogP contribution in [0.2, 0.25) is 0 Å². The first kappa shape index (κ1) is 17.0. The summed E-state index contributed by atoms with van der Waals surface area (Å²) in [6.07, 6.45) is 6.07. The van der Waals surface area contributed by atoms with Crippen LogP contribution in [0.1, 0.15) is 47.0 Å². The maximum atomic E-state index is 13.1. The number of aromatic amines is 1. The summed E-state index contributed by atoms with van der Waals surface area (Å²) in [6.45, 7) is 2.63. The second-order valence-corrected chi connectivity index (χ2v) is 7.50. The number of hydrogen-bond donors (Lipinski definition) is 2. The lowest BCUT2D eigenvalue weighted by atomic mass is 9.95. The molecule has 2 aliphatic rings. The van der Waals surface area contributed by atoms with E-state index in [1.54, 1.807) is 29.2 Å². The molecule has 3 aromatic rings.